The third kappa shape index (κ3) is 7.06. The van der Waals surface area contributed by atoms with Crippen molar-refractivity contribution in [2.45, 2.75) is 43.5 Å². The quantitative estimate of drug-likeness (QED) is 0.742. The van der Waals surface area contributed by atoms with E-state index in [1.54, 1.807) is 0 Å². The fourth-order valence-corrected chi connectivity index (χ4v) is 2.92. The number of hydrogen-bond acceptors (Lipinski definition) is 2. The summed E-state index contributed by atoms with van der Waals surface area (Å²) in [5.74, 6) is 1.20. The number of thioether (sulfide) groups is 1. The predicted molar refractivity (Wildman–Crippen MR) is 58.3 cm³/mol. The van der Waals surface area contributed by atoms with Gasteiger partial charge in [-0.25, -0.2) is 0 Å². The summed E-state index contributed by atoms with van der Waals surface area (Å²) in [4.78, 5) is 0. The van der Waals surface area contributed by atoms with Crippen molar-refractivity contribution in [3.8, 4) is 0 Å². The van der Waals surface area contributed by atoms with Crippen molar-refractivity contribution in [3.05, 3.63) is 0 Å². The minimum absolute atomic E-state index is 0.195. The number of alkyl halides is 3. The van der Waals surface area contributed by atoms with Gasteiger partial charge in [0.15, 0.2) is 0 Å². The Bertz CT molecular complexity index is 167. The van der Waals surface area contributed by atoms with E-state index in [1.807, 2.05) is 11.8 Å². The fraction of sp³-hybridized carbons (Fsp3) is 1.00. The Morgan fingerprint density at radius 2 is 2.07 bits per heavy atom. The van der Waals surface area contributed by atoms with Gasteiger partial charge in [0.25, 0.3) is 0 Å². The van der Waals surface area contributed by atoms with Crippen LogP contribution in [-0.2, 0) is 0 Å². The first-order valence-corrected chi connectivity index (χ1v) is 6.52. The van der Waals surface area contributed by atoms with Gasteiger partial charge < -0.3 is 5.32 Å². The molecule has 1 nitrogen and oxygen atoms in total. The van der Waals surface area contributed by atoms with Crippen LogP contribution in [0.4, 0.5) is 13.2 Å². The van der Waals surface area contributed by atoms with Crippen molar-refractivity contribution in [3.63, 3.8) is 0 Å². The molecule has 1 unspecified atom stereocenters. The zero-order valence-corrected chi connectivity index (χ0v) is 9.59. The van der Waals surface area contributed by atoms with Crippen LogP contribution in [0.2, 0.25) is 0 Å². The van der Waals surface area contributed by atoms with Crippen LogP contribution in [-0.4, -0.2) is 30.3 Å². The van der Waals surface area contributed by atoms with E-state index in [2.05, 4.69) is 5.32 Å². The van der Waals surface area contributed by atoms with Gasteiger partial charge in [-0.2, -0.15) is 24.9 Å². The van der Waals surface area contributed by atoms with Crippen LogP contribution in [0.1, 0.15) is 32.1 Å². The first-order valence-electron chi connectivity index (χ1n) is 5.47. The van der Waals surface area contributed by atoms with Gasteiger partial charge in [0.2, 0.25) is 0 Å². The summed E-state index contributed by atoms with van der Waals surface area (Å²) in [5.41, 5.74) is 0. The minimum atomic E-state index is -4.00. The van der Waals surface area contributed by atoms with E-state index in [-0.39, 0.29) is 6.42 Å². The average molecular weight is 241 g/mol. The molecule has 0 spiro atoms. The summed E-state index contributed by atoms with van der Waals surface area (Å²) in [7, 11) is 0. The molecule has 0 aromatic carbocycles. The summed E-state index contributed by atoms with van der Waals surface area (Å²) in [6.45, 7) is 1.35. The molecule has 90 valence electrons. The Kier molecular flexibility index (Phi) is 5.82. The van der Waals surface area contributed by atoms with Crippen molar-refractivity contribution < 1.29 is 13.2 Å². The van der Waals surface area contributed by atoms with Crippen LogP contribution in [0, 0.1) is 0 Å². The van der Waals surface area contributed by atoms with Crippen molar-refractivity contribution in [1.82, 2.24) is 5.32 Å². The Morgan fingerprint density at radius 3 is 2.67 bits per heavy atom. The van der Waals surface area contributed by atoms with Gasteiger partial charge >= 0.3 is 6.18 Å². The summed E-state index contributed by atoms with van der Waals surface area (Å²) in [6, 6.07) is 0. The maximum absolute atomic E-state index is 11.8. The SMILES string of the molecule is FC(F)(F)CCCNCC1CCCCS1. The van der Waals surface area contributed by atoms with Crippen LogP contribution < -0.4 is 5.32 Å². The molecule has 0 amide bonds. The molecule has 15 heavy (non-hydrogen) atoms. The van der Waals surface area contributed by atoms with E-state index in [9.17, 15) is 13.2 Å². The van der Waals surface area contributed by atoms with E-state index < -0.39 is 12.6 Å². The molecule has 1 atom stereocenters. The molecule has 1 rings (SSSR count). The number of hydrogen-bond donors (Lipinski definition) is 1. The molecule has 1 N–H and O–H groups in total. The normalized spacial score (nSPS) is 23.0. The highest BCUT2D eigenvalue weighted by atomic mass is 32.2. The van der Waals surface area contributed by atoms with Crippen molar-refractivity contribution >= 4 is 11.8 Å². The molecular formula is C10H18F3NS. The van der Waals surface area contributed by atoms with Gasteiger partial charge in [-0.3, -0.25) is 0 Å². The predicted octanol–water partition coefficient (Wildman–Crippen LogP) is 3.20. The molecule has 0 aromatic heterocycles. The molecule has 1 heterocycles. The first kappa shape index (κ1) is 13.2. The van der Waals surface area contributed by atoms with Gasteiger partial charge in [-0.05, 0) is 31.6 Å². The third-order valence-electron chi connectivity index (χ3n) is 2.46. The van der Waals surface area contributed by atoms with Gasteiger partial charge in [-0.15, -0.1) is 0 Å². The number of nitrogens with one attached hydrogen (secondary N) is 1. The topological polar surface area (TPSA) is 12.0 Å². The molecule has 5 heteroatoms. The smallest absolute Gasteiger partial charge is 0.316 e. The maximum atomic E-state index is 11.8. The second kappa shape index (κ2) is 6.63. The van der Waals surface area contributed by atoms with E-state index >= 15 is 0 Å². The lowest BCUT2D eigenvalue weighted by molar-refractivity contribution is -0.135. The molecule has 0 aromatic rings. The number of rotatable bonds is 5. The Balaban J connectivity index is 1.92. The lowest BCUT2D eigenvalue weighted by Gasteiger charge is -2.21. The lowest BCUT2D eigenvalue weighted by atomic mass is 10.2. The minimum Gasteiger partial charge on any atom is -0.316 e. The van der Waals surface area contributed by atoms with Crippen LogP contribution in [0.15, 0.2) is 0 Å². The highest BCUT2D eigenvalue weighted by Crippen LogP contribution is 2.24. The van der Waals surface area contributed by atoms with E-state index in [0.717, 1.165) is 6.54 Å². The van der Waals surface area contributed by atoms with Crippen LogP contribution in [0.25, 0.3) is 0 Å². The Morgan fingerprint density at radius 1 is 1.27 bits per heavy atom. The zero-order chi connectivity index (χ0) is 11.1. The maximum Gasteiger partial charge on any atom is 0.389 e. The zero-order valence-electron chi connectivity index (χ0n) is 8.78. The molecule has 0 bridgehead atoms. The van der Waals surface area contributed by atoms with E-state index in [1.165, 1.54) is 25.0 Å². The highest BCUT2D eigenvalue weighted by Gasteiger charge is 2.25. The standard InChI is InChI=1S/C10H18F3NS/c11-10(12,13)5-3-6-14-8-9-4-1-2-7-15-9/h9,14H,1-8H2. The fourth-order valence-electron chi connectivity index (χ4n) is 1.65. The van der Waals surface area contributed by atoms with Crippen molar-refractivity contribution in [2.75, 3.05) is 18.8 Å². The van der Waals surface area contributed by atoms with Gasteiger partial charge in [0, 0.05) is 18.2 Å². The monoisotopic (exact) mass is 241 g/mol. The molecule has 1 aliphatic heterocycles. The number of halogens is 3. The Hall–Kier alpha value is 0.100. The summed E-state index contributed by atoms with van der Waals surface area (Å²) in [5, 5.41) is 3.72. The second-order valence-electron chi connectivity index (χ2n) is 3.91. The summed E-state index contributed by atoms with van der Waals surface area (Å²) >= 11 is 1.94. The molecular weight excluding hydrogens is 223 g/mol. The molecule has 0 aliphatic carbocycles. The Labute approximate surface area is 93.2 Å². The van der Waals surface area contributed by atoms with Crippen LogP contribution >= 0.6 is 11.8 Å². The van der Waals surface area contributed by atoms with Crippen LogP contribution in [0.5, 0.6) is 0 Å². The van der Waals surface area contributed by atoms with E-state index in [4.69, 9.17) is 0 Å². The average Bonchev–Trinajstić information content (AvgIpc) is 2.17. The summed E-state index contributed by atoms with van der Waals surface area (Å²) in [6.07, 6.45) is -0.714. The van der Waals surface area contributed by atoms with Crippen molar-refractivity contribution in [1.29, 1.82) is 0 Å². The largest absolute Gasteiger partial charge is 0.389 e. The van der Waals surface area contributed by atoms with Gasteiger partial charge in [0.1, 0.15) is 0 Å². The molecule has 1 fully saturated rings. The van der Waals surface area contributed by atoms with Crippen LogP contribution in [0.3, 0.4) is 0 Å². The first-order chi connectivity index (χ1) is 7.08. The van der Waals surface area contributed by atoms with Gasteiger partial charge in [-0.1, -0.05) is 6.42 Å². The molecule has 1 saturated heterocycles. The molecule has 1 aliphatic rings. The van der Waals surface area contributed by atoms with Crippen molar-refractivity contribution in [2.24, 2.45) is 0 Å². The highest BCUT2D eigenvalue weighted by molar-refractivity contribution is 7.99. The lowest BCUT2D eigenvalue weighted by Crippen LogP contribution is -2.28. The van der Waals surface area contributed by atoms with E-state index in [0.29, 0.717) is 11.8 Å². The second-order valence-corrected chi connectivity index (χ2v) is 5.32. The molecule has 0 saturated carbocycles. The molecule has 0 radical (unpaired) electrons. The van der Waals surface area contributed by atoms with Gasteiger partial charge in [0.05, 0.1) is 0 Å². The third-order valence-corrected chi connectivity index (χ3v) is 3.86. The summed E-state index contributed by atoms with van der Waals surface area (Å²) < 4.78 is 35.4.